The molecule has 2 unspecified atom stereocenters. The minimum absolute atomic E-state index is 0.133. The first-order valence-electron chi connectivity index (χ1n) is 7.27. The number of hydrogen-bond acceptors (Lipinski definition) is 2. The highest BCUT2D eigenvalue weighted by atomic mass is 16.2. The molecule has 4 nitrogen and oxygen atoms in total. The van der Waals surface area contributed by atoms with Crippen molar-refractivity contribution < 1.29 is 4.79 Å². The lowest BCUT2D eigenvalue weighted by Crippen LogP contribution is -2.35. The number of H-pyrrole nitrogens is 1. The van der Waals surface area contributed by atoms with Crippen molar-refractivity contribution in [1.29, 1.82) is 0 Å². The van der Waals surface area contributed by atoms with Crippen LogP contribution in [-0.4, -0.2) is 46.9 Å². The van der Waals surface area contributed by atoms with Gasteiger partial charge >= 0.3 is 0 Å². The topological polar surface area (TPSA) is 39.3 Å². The number of likely N-dealkylation sites (tertiary alicyclic amines) is 2. The van der Waals surface area contributed by atoms with Gasteiger partial charge in [-0.25, -0.2) is 0 Å². The molecule has 2 atom stereocenters. The number of hydrogen-bond donors (Lipinski definition) is 1. The molecule has 2 aliphatic heterocycles. The predicted molar refractivity (Wildman–Crippen MR) is 74.5 cm³/mol. The first-order valence-corrected chi connectivity index (χ1v) is 7.27. The summed E-state index contributed by atoms with van der Waals surface area (Å²) in [5.74, 6) is 1.81. The standard InChI is InChI=1S/C15H23N3O/c1-11(2)15(19)18-8-12-6-17(7-13(12)9-18)10-14-4-3-5-16-14/h3-5,11-13,16H,6-10H2,1-2H3. The van der Waals surface area contributed by atoms with Crippen LogP contribution in [0.3, 0.4) is 0 Å². The Bertz CT molecular complexity index is 426. The number of fused-ring (bicyclic) bond motifs is 1. The van der Waals surface area contributed by atoms with Crippen molar-refractivity contribution in [3.05, 3.63) is 24.0 Å². The van der Waals surface area contributed by atoms with Gasteiger partial charge in [-0.2, -0.15) is 0 Å². The van der Waals surface area contributed by atoms with E-state index in [1.54, 1.807) is 0 Å². The zero-order valence-corrected chi connectivity index (χ0v) is 11.8. The number of aromatic amines is 1. The molecular weight excluding hydrogens is 238 g/mol. The molecule has 0 saturated carbocycles. The molecule has 2 fully saturated rings. The van der Waals surface area contributed by atoms with E-state index in [2.05, 4.69) is 26.9 Å². The van der Waals surface area contributed by atoms with Crippen LogP contribution < -0.4 is 0 Å². The van der Waals surface area contributed by atoms with Gasteiger partial charge in [0.2, 0.25) is 5.91 Å². The Balaban J connectivity index is 1.54. The summed E-state index contributed by atoms with van der Waals surface area (Å²) in [4.78, 5) is 19.9. The van der Waals surface area contributed by atoms with E-state index in [-0.39, 0.29) is 5.92 Å². The third kappa shape index (κ3) is 2.54. The highest BCUT2D eigenvalue weighted by Crippen LogP contribution is 2.32. The zero-order chi connectivity index (χ0) is 13.4. The molecule has 1 N–H and O–H groups in total. The number of nitrogens with one attached hydrogen (secondary N) is 1. The largest absolute Gasteiger partial charge is 0.364 e. The van der Waals surface area contributed by atoms with Gasteiger partial charge in [-0.3, -0.25) is 9.69 Å². The highest BCUT2D eigenvalue weighted by molar-refractivity contribution is 5.78. The van der Waals surface area contributed by atoms with E-state index in [0.29, 0.717) is 17.7 Å². The van der Waals surface area contributed by atoms with E-state index in [9.17, 15) is 4.79 Å². The molecule has 19 heavy (non-hydrogen) atoms. The second-order valence-corrected chi connectivity index (χ2v) is 6.31. The molecule has 0 spiro atoms. The van der Waals surface area contributed by atoms with Gasteiger partial charge in [0, 0.05) is 50.5 Å². The summed E-state index contributed by atoms with van der Waals surface area (Å²) in [6.07, 6.45) is 1.98. The van der Waals surface area contributed by atoms with E-state index in [1.807, 2.05) is 20.0 Å². The molecule has 0 bridgehead atoms. The van der Waals surface area contributed by atoms with E-state index in [1.165, 1.54) is 5.69 Å². The molecule has 104 valence electrons. The summed E-state index contributed by atoms with van der Waals surface area (Å²) in [5.41, 5.74) is 1.29. The summed E-state index contributed by atoms with van der Waals surface area (Å²) in [6, 6.07) is 4.19. The molecule has 1 aromatic heterocycles. The number of carbonyl (C=O) groups excluding carboxylic acids is 1. The monoisotopic (exact) mass is 261 g/mol. The lowest BCUT2D eigenvalue weighted by Gasteiger charge is -2.22. The van der Waals surface area contributed by atoms with Crippen LogP contribution in [0.25, 0.3) is 0 Å². The van der Waals surface area contributed by atoms with Gasteiger partial charge in [0.05, 0.1) is 0 Å². The lowest BCUT2D eigenvalue weighted by molar-refractivity contribution is -0.133. The molecular formula is C15H23N3O. The molecule has 2 saturated heterocycles. The number of rotatable bonds is 3. The maximum absolute atomic E-state index is 12.0. The summed E-state index contributed by atoms with van der Waals surface area (Å²) in [5, 5.41) is 0. The van der Waals surface area contributed by atoms with E-state index in [4.69, 9.17) is 0 Å². The molecule has 3 rings (SSSR count). The van der Waals surface area contributed by atoms with Gasteiger partial charge in [-0.05, 0) is 24.0 Å². The summed E-state index contributed by atoms with van der Waals surface area (Å²) < 4.78 is 0. The van der Waals surface area contributed by atoms with Crippen LogP contribution in [0.15, 0.2) is 18.3 Å². The first-order chi connectivity index (χ1) is 9.13. The molecule has 1 aromatic rings. The Kier molecular flexibility index (Phi) is 3.35. The van der Waals surface area contributed by atoms with Gasteiger partial charge in [0.1, 0.15) is 0 Å². The maximum atomic E-state index is 12.0. The molecule has 4 heteroatoms. The molecule has 0 aromatic carbocycles. The average molecular weight is 261 g/mol. The Morgan fingerprint density at radius 3 is 2.53 bits per heavy atom. The van der Waals surface area contributed by atoms with Crippen molar-refractivity contribution >= 4 is 5.91 Å². The van der Waals surface area contributed by atoms with Crippen molar-refractivity contribution in [2.75, 3.05) is 26.2 Å². The van der Waals surface area contributed by atoms with Crippen molar-refractivity contribution in [3.63, 3.8) is 0 Å². The smallest absolute Gasteiger partial charge is 0.225 e. The van der Waals surface area contributed by atoms with Crippen molar-refractivity contribution in [1.82, 2.24) is 14.8 Å². The van der Waals surface area contributed by atoms with Crippen LogP contribution in [0.4, 0.5) is 0 Å². The van der Waals surface area contributed by atoms with Crippen molar-refractivity contribution in [3.8, 4) is 0 Å². The average Bonchev–Trinajstić information content (AvgIpc) is 3.03. The zero-order valence-electron chi connectivity index (χ0n) is 11.8. The van der Waals surface area contributed by atoms with E-state index in [0.717, 1.165) is 32.7 Å². The minimum atomic E-state index is 0.133. The fourth-order valence-corrected chi connectivity index (χ4v) is 3.47. The summed E-state index contributed by atoms with van der Waals surface area (Å²) in [6.45, 7) is 9.18. The molecule has 2 aliphatic rings. The second-order valence-electron chi connectivity index (χ2n) is 6.31. The third-order valence-corrected chi connectivity index (χ3v) is 4.42. The predicted octanol–water partition coefficient (Wildman–Crippen LogP) is 1.56. The van der Waals surface area contributed by atoms with Gasteiger partial charge in [0.25, 0.3) is 0 Å². The Hall–Kier alpha value is -1.29. The Labute approximate surface area is 114 Å². The van der Waals surface area contributed by atoms with Crippen LogP contribution >= 0.6 is 0 Å². The normalized spacial score (nSPS) is 27.2. The molecule has 0 radical (unpaired) electrons. The molecule has 3 heterocycles. The molecule has 0 aliphatic carbocycles. The van der Waals surface area contributed by atoms with Crippen LogP contribution in [0.5, 0.6) is 0 Å². The van der Waals surface area contributed by atoms with E-state index < -0.39 is 0 Å². The van der Waals surface area contributed by atoms with Crippen molar-refractivity contribution in [2.24, 2.45) is 17.8 Å². The summed E-state index contributed by atoms with van der Waals surface area (Å²) in [7, 11) is 0. The third-order valence-electron chi connectivity index (χ3n) is 4.42. The lowest BCUT2D eigenvalue weighted by atomic mass is 10.0. The number of aromatic nitrogens is 1. The number of carbonyl (C=O) groups is 1. The first kappa shape index (κ1) is 12.7. The fraction of sp³-hybridized carbons (Fsp3) is 0.667. The Morgan fingerprint density at radius 2 is 2.00 bits per heavy atom. The second kappa shape index (κ2) is 5.00. The Morgan fingerprint density at radius 1 is 1.32 bits per heavy atom. The van der Waals surface area contributed by atoms with Gasteiger partial charge in [0.15, 0.2) is 0 Å². The van der Waals surface area contributed by atoms with Crippen molar-refractivity contribution in [2.45, 2.75) is 20.4 Å². The van der Waals surface area contributed by atoms with Crippen LogP contribution in [0.2, 0.25) is 0 Å². The fourth-order valence-electron chi connectivity index (χ4n) is 3.47. The van der Waals surface area contributed by atoms with E-state index >= 15 is 0 Å². The summed E-state index contributed by atoms with van der Waals surface area (Å²) >= 11 is 0. The minimum Gasteiger partial charge on any atom is -0.364 e. The van der Waals surface area contributed by atoms with Crippen LogP contribution in [-0.2, 0) is 11.3 Å². The van der Waals surface area contributed by atoms with Gasteiger partial charge in [-0.15, -0.1) is 0 Å². The number of amides is 1. The number of nitrogens with zero attached hydrogens (tertiary/aromatic N) is 2. The molecule has 1 amide bonds. The van der Waals surface area contributed by atoms with Crippen LogP contribution in [0.1, 0.15) is 19.5 Å². The highest BCUT2D eigenvalue weighted by Gasteiger charge is 2.41. The maximum Gasteiger partial charge on any atom is 0.225 e. The SMILES string of the molecule is CC(C)C(=O)N1CC2CN(Cc3ccc[nH]3)CC2C1. The van der Waals surface area contributed by atoms with Crippen LogP contribution in [0, 0.1) is 17.8 Å². The quantitative estimate of drug-likeness (QED) is 0.897. The van der Waals surface area contributed by atoms with Gasteiger partial charge < -0.3 is 9.88 Å². The van der Waals surface area contributed by atoms with Gasteiger partial charge in [-0.1, -0.05) is 13.8 Å².